The van der Waals surface area contributed by atoms with Gasteiger partial charge in [0.25, 0.3) is 0 Å². The molecule has 0 atom stereocenters. The molecule has 0 saturated carbocycles. The van der Waals surface area contributed by atoms with E-state index < -0.39 is 17.8 Å². The van der Waals surface area contributed by atoms with Crippen molar-refractivity contribution in [3.8, 4) is 0 Å². The Kier molecular flexibility index (Phi) is 4.20. The lowest BCUT2D eigenvalue weighted by Gasteiger charge is -2.30. The van der Waals surface area contributed by atoms with Crippen LogP contribution in [0.3, 0.4) is 0 Å². The van der Waals surface area contributed by atoms with E-state index in [1.54, 1.807) is 6.07 Å². The van der Waals surface area contributed by atoms with Gasteiger partial charge in [-0.05, 0) is 36.8 Å². The molecule has 0 unspecified atom stereocenters. The van der Waals surface area contributed by atoms with E-state index in [9.17, 15) is 18.0 Å². The summed E-state index contributed by atoms with van der Waals surface area (Å²) < 4.78 is 38.7. The number of hydrogen-bond donors (Lipinski definition) is 1. The summed E-state index contributed by atoms with van der Waals surface area (Å²) in [5.74, 6) is 0.106. The summed E-state index contributed by atoms with van der Waals surface area (Å²) in [4.78, 5) is 12.1. The highest BCUT2D eigenvalue weighted by molar-refractivity contribution is 5.64. The van der Waals surface area contributed by atoms with Gasteiger partial charge in [0.05, 0.1) is 5.56 Å². The third-order valence-electron chi connectivity index (χ3n) is 3.72. The number of alkyl halides is 3. The average molecular weight is 287 g/mol. The molecule has 3 nitrogen and oxygen atoms in total. The molecular formula is C14H16F3NO2. The Labute approximate surface area is 115 Å². The number of carbonyl (C=O) groups is 1. The highest BCUT2D eigenvalue weighted by atomic mass is 19.4. The van der Waals surface area contributed by atoms with Gasteiger partial charge in [0.1, 0.15) is 0 Å². The van der Waals surface area contributed by atoms with Crippen LogP contribution >= 0.6 is 0 Å². The second kappa shape index (κ2) is 5.73. The molecule has 2 rings (SSSR count). The Morgan fingerprint density at radius 3 is 2.40 bits per heavy atom. The number of rotatable bonds is 2. The zero-order chi connectivity index (χ0) is 14.8. The summed E-state index contributed by atoms with van der Waals surface area (Å²) in [6.45, 7) is 0.794. The van der Waals surface area contributed by atoms with Crippen molar-refractivity contribution in [3.05, 3.63) is 35.4 Å². The van der Waals surface area contributed by atoms with E-state index in [0.717, 1.165) is 6.07 Å². The van der Waals surface area contributed by atoms with Gasteiger partial charge in [0, 0.05) is 13.1 Å². The van der Waals surface area contributed by atoms with Crippen LogP contribution in [-0.2, 0) is 12.6 Å². The lowest BCUT2D eigenvalue weighted by atomic mass is 9.88. The number of halogens is 3. The van der Waals surface area contributed by atoms with Crippen molar-refractivity contribution in [2.45, 2.75) is 25.4 Å². The van der Waals surface area contributed by atoms with Gasteiger partial charge >= 0.3 is 12.3 Å². The lowest BCUT2D eigenvalue weighted by molar-refractivity contribution is -0.138. The van der Waals surface area contributed by atoms with Crippen molar-refractivity contribution < 1.29 is 23.1 Å². The second-order valence-corrected chi connectivity index (χ2v) is 5.07. The molecule has 1 aromatic carbocycles. The predicted molar refractivity (Wildman–Crippen MR) is 67.5 cm³/mol. The number of piperidine rings is 1. The minimum Gasteiger partial charge on any atom is -0.465 e. The average Bonchev–Trinajstić information content (AvgIpc) is 2.38. The monoisotopic (exact) mass is 287 g/mol. The van der Waals surface area contributed by atoms with Gasteiger partial charge in [0.2, 0.25) is 0 Å². The molecule has 0 bridgehead atoms. The van der Waals surface area contributed by atoms with Crippen LogP contribution in [0.5, 0.6) is 0 Å². The maximum atomic E-state index is 12.9. The molecule has 6 heteroatoms. The number of nitrogens with zero attached hydrogens (tertiary/aromatic N) is 1. The van der Waals surface area contributed by atoms with Crippen molar-refractivity contribution in [2.75, 3.05) is 13.1 Å². The smallest absolute Gasteiger partial charge is 0.416 e. The highest BCUT2D eigenvalue weighted by Gasteiger charge is 2.33. The zero-order valence-electron chi connectivity index (χ0n) is 10.9. The van der Waals surface area contributed by atoms with Crippen LogP contribution in [0, 0.1) is 5.92 Å². The maximum absolute atomic E-state index is 12.9. The van der Waals surface area contributed by atoms with Crippen LogP contribution in [0.4, 0.5) is 18.0 Å². The Bertz CT molecular complexity index is 480. The van der Waals surface area contributed by atoms with Gasteiger partial charge in [-0.15, -0.1) is 0 Å². The van der Waals surface area contributed by atoms with Crippen molar-refractivity contribution in [1.29, 1.82) is 0 Å². The molecule has 20 heavy (non-hydrogen) atoms. The Morgan fingerprint density at radius 1 is 1.25 bits per heavy atom. The summed E-state index contributed by atoms with van der Waals surface area (Å²) in [6.07, 6.45) is -3.72. The molecule has 110 valence electrons. The standard InChI is InChI=1S/C14H16F3NO2/c15-14(16,17)12-4-2-1-3-11(12)9-10-5-7-18(8-6-10)13(19)20/h1-4,10H,5-9H2,(H,19,20). The molecular weight excluding hydrogens is 271 g/mol. The van der Waals surface area contributed by atoms with Crippen molar-refractivity contribution in [2.24, 2.45) is 5.92 Å². The number of benzene rings is 1. The van der Waals surface area contributed by atoms with E-state index in [2.05, 4.69) is 0 Å². The SMILES string of the molecule is O=C(O)N1CCC(Cc2ccccc2C(F)(F)F)CC1. The lowest BCUT2D eigenvalue weighted by Crippen LogP contribution is -2.38. The third-order valence-corrected chi connectivity index (χ3v) is 3.72. The number of hydrogen-bond acceptors (Lipinski definition) is 1. The van der Waals surface area contributed by atoms with Crippen LogP contribution in [-0.4, -0.2) is 29.2 Å². The summed E-state index contributed by atoms with van der Waals surface area (Å²) in [5.41, 5.74) is -0.283. The number of likely N-dealkylation sites (tertiary alicyclic amines) is 1. The molecule has 0 aliphatic carbocycles. The summed E-state index contributed by atoms with van der Waals surface area (Å²) in [7, 11) is 0. The fourth-order valence-electron chi connectivity index (χ4n) is 2.61. The largest absolute Gasteiger partial charge is 0.465 e. The van der Waals surface area contributed by atoms with Gasteiger partial charge in [-0.2, -0.15) is 13.2 Å². The van der Waals surface area contributed by atoms with Crippen LogP contribution in [0.25, 0.3) is 0 Å². The van der Waals surface area contributed by atoms with Gasteiger partial charge in [-0.25, -0.2) is 4.79 Å². The minimum absolute atomic E-state index is 0.106. The normalized spacial score (nSPS) is 17.2. The van der Waals surface area contributed by atoms with Gasteiger partial charge in [-0.1, -0.05) is 18.2 Å². The summed E-state index contributed by atoms with van der Waals surface area (Å²) in [6, 6.07) is 5.60. The topological polar surface area (TPSA) is 40.5 Å². The van der Waals surface area contributed by atoms with Crippen LogP contribution in [0.15, 0.2) is 24.3 Å². The number of amides is 1. The predicted octanol–water partition coefficient (Wildman–Crippen LogP) is 3.64. The van der Waals surface area contributed by atoms with E-state index in [-0.39, 0.29) is 5.92 Å². The number of carboxylic acid groups (broad SMARTS) is 1. The van der Waals surface area contributed by atoms with Crippen LogP contribution in [0.1, 0.15) is 24.0 Å². The molecule has 1 fully saturated rings. The van der Waals surface area contributed by atoms with Gasteiger partial charge < -0.3 is 10.0 Å². The summed E-state index contributed by atoms with van der Waals surface area (Å²) in [5, 5.41) is 8.84. The molecule has 1 N–H and O–H groups in total. The molecule has 1 aliphatic heterocycles. The highest BCUT2D eigenvalue weighted by Crippen LogP contribution is 2.34. The maximum Gasteiger partial charge on any atom is 0.416 e. The van der Waals surface area contributed by atoms with Crippen LogP contribution < -0.4 is 0 Å². The van der Waals surface area contributed by atoms with E-state index in [1.807, 2.05) is 0 Å². The molecule has 0 radical (unpaired) electrons. The Hall–Kier alpha value is -1.72. The third kappa shape index (κ3) is 3.43. The molecule has 1 saturated heterocycles. The first-order chi connectivity index (χ1) is 9.38. The molecule has 1 aliphatic rings. The van der Waals surface area contributed by atoms with Crippen LogP contribution in [0.2, 0.25) is 0 Å². The first-order valence-corrected chi connectivity index (χ1v) is 6.51. The van der Waals surface area contributed by atoms with E-state index in [1.165, 1.54) is 17.0 Å². The molecule has 0 aromatic heterocycles. The Morgan fingerprint density at radius 2 is 1.85 bits per heavy atom. The van der Waals surface area contributed by atoms with Crippen molar-refractivity contribution in [3.63, 3.8) is 0 Å². The molecule has 0 spiro atoms. The van der Waals surface area contributed by atoms with Crippen molar-refractivity contribution in [1.82, 2.24) is 4.90 Å². The minimum atomic E-state index is -4.33. The molecule has 1 heterocycles. The van der Waals surface area contributed by atoms with E-state index in [4.69, 9.17) is 5.11 Å². The quantitative estimate of drug-likeness (QED) is 0.902. The first-order valence-electron chi connectivity index (χ1n) is 6.51. The Balaban J connectivity index is 2.03. The van der Waals surface area contributed by atoms with Gasteiger partial charge in [-0.3, -0.25) is 0 Å². The second-order valence-electron chi connectivity index (χ2n) is 5.07. The zero-order valence-corrected chi connectivity index (χ0v) is 10.9. The van der Waals surface area contributed by atoms with E-state index >= 15 is 0 Å². The fourth-order valence-corrected chi connectivity index (χ4v) is 2.61. The summed E-state index contributed by atoms with van der Waals surface area (Å²) >= 11 is 0. The van der Waals surface area contributed by atoms with E-state index in [0.29, 0.717) is 37.9 Å². The van der Waals surface area contributed by atoms with Gasteiger partial charge in [0.15, 0.2) is 0 Å². The first kappa shape index (κ1) is 14.7. The fraction of sp³-hybridized carbons (Fsp3) is 0.500. The molecule has 1 amide bonds. The van der Waals surface area contributed by atoms with Crippen molar-refractivity contribution >= 4 is 6.09 Å². The molecule has 1 aromatic rings.